The molecule has 0 saturated heterocycles. The quantitative estimate of drug-likeness (QED) is 0.0690. The number of carbonyl (C=O) groups is 3. The number of nitrogens with zero attached hydrogens (tertiary/aromatic N) is 1. The lowest BCUT2D eigenvalue weighted by Gasteiger charge is -2.39. The van der Waals surface area contributed by atoms with E-state index >= 15 is 0 Å². The molecule has 9 nitrogen and oxygen atoms in total. The molecule has 0 radical (unpaired) electrons. The Morgan fingerprint density at radius 3 is 2.09 bits per heavy atom. The Labute approximate surface area is 319 Å². The van der Waals surface area contributed by atoms with Gasteiger partial charge in [-0.15, -0.1) is 0 Å². The maximum Gasteiger partial charge on any atom is 0.308 e. The SMILES string of the molecule is COC(=O)C[C@@H](CC(=O)C=Cc1c(-c2ccc(F)cc2)c(-c2ccccc2)c(C(=O)NCc2ccc(OC)cc2OC)n1C(C)C)O[Si](C)(C)C(C)(C)C. The fraction of sp³-hybridized carbons (Fsp3) is 0.372. The van der Waals surface area contributed by atoms with Crippen LogP contribution in [0.1, 0.15) is 75.2 Å². The molecule has 3 aromatic carbocycles. The summed E-state index contributed by atoms with van der Waals surface area (Å²) in [5, 5.41) is 2.95. The molecule has 1 N–H and O–H groups in total. The Morgan fingerprint density at radius 1 is 0.870 bits per heavy atom. The van der Waals surface area contributed by atoms with E-state index in [1.807, 2.05) is 54.8 Å². The van der Waals surface area contributed by atoms with Crippen LogP contribution < -0.4 is 14.8 Å². The molecule has 1 amide bonds. The standard InChI is InChI=1S/C43H53FN2O7Si/c1-28(2)46-36(23-21-33(47)24-35(26-38(48)52-8)53-54(9,10)43(3,4)5)39(30-16-19-32(44)20-17-30)40(29-14-12-11-13-15-29)41(46)42(49)45-27-31-18-22-34(50-6)25-37(31)51-7/h11-23,25,28,35H,24,26-27H2,1-10H3,(H,45,49)/t35-/m1/s1. The summed E-state index contributed by atoms with van der Waals surface area (Å²) in [6.45, 7) is 14.5. The first kappa shape index (κ1) is 41.7. The fourth-order valence-corrected chi connectivity index (χ4v) is 7.42. The van der Waals surface area contributed by atoms with Crippen molar-refractivity contribution >= 4 is 32.1 Å². The highest BCUT2D eigenvalue weighted by molar-refractivity contribution is 6.74. The third-order valence-corrected chi connectivity index (χ3v) is 14.4. The first-order valence-corrected chi connectivity index (χ1v) is 21.0. The molecule has 0 unspecified atom stereocenters. The summed E-state index contributed by atoms with van der Waals surface area (Å²) < 4.78 is 38.7. The lowest BCUT2D eigenvalue weighted by atomic mass is 9.94. The number of ether oxygens (including phenoxy) is 3. The molecule has 11 heteroatoms. The maximum absolute atomic E-state index is 14.5. The number of amides is 1. The van der Waals surface area contributed by atoms with Crippen LogP contribution in [0.3, 0.4) is 0 Å². The van der Waals surface area contributed by atoms with E-state index in [1.165, 1.54) is 25.3 Å². The van der Waals surface area contributed by atoms with Crippen LogP contribution >= 0.6 is 0 Å². The topological polar surface area (TPSA) is 105 Å². The van der Waals surface area contributed by atoms with Crippen molar-refractivity contribution < 1.29 is 37.4 Å². The normalized spacial score (nSPS) is 12.5. The van der Waals surface area contributed by atoms with Crippen LogP contribution in [0.2, 0.25) is 18.1 Å². The van der Waals surface area contributed by atoms with E-state index in [0.29, 0.717) is 39.6 Å². The summed E-state index contributed by atoms with van der Waals surface area (Å²) in [5.41, 5.74) is 4.44. The van der Waals surface area contributed by atoms with Crippen molar-refractivity contribution in [2.45, 2.75) is 84.3 Å². The van der Waals surface area contributed by atoms with Gasteiger partial charge in [0.15, 0.2) is 14.1 Å². The first-order chi connectivity index (χ1) is 25.5. The number of aromatic nitrogens is 1. The number of methoxy groups -OCH3 is 3. The van der Waals surface area contributed by atoms with Gasteiger partial charge in [-0.3, -0.25) is 14.4 Å². The van der Waals surface area contributed by atoms with Crippen LogP contribution in [0.5, 0.6) is 11.5 Å². The number of halogens is 1. The van der Waals surface area contributed by atoms with Crippen molar-refractivity contribution in [2.75, 3.05) is 21.3 Å². The van der Waals surface area contributed by atoms with Crippen molar-refractivity contribution in [1.82, 2.24) is 9.88 Å². The third kappa shape index (κ3) is 9.94. The summed E-state index contributed by atoms with van der Waals surface area (Å²) in [4.78, 5) is 40.8. The molecule has 1 atom stereocenters. The number of esters is 1. The summed E-state index contributed by atoms with van der Waals surface area (Å²) in [5.74, 6) is -0.285. The van der Waals surface area contributed by atoms with Crippen LogP contribution in [-0.4, -0.2) is 58.0 Å². The number of hydrogen-bond acceptors (Lipinski definition) is 7. The summed E-state index contributed by atoms with van der Waals surface area (Å²) in [6, 6.07) is 20.8. The second kappa shape index (κ2) is 17.9. The number of benzene rings is 3. The monoisotopic (exact) mass is 756 g/mol. The molecule has 0 aliphatic carbocycles. The molecule has 54 heavy (non-hydrogen) atoms. The van der Waals surface area contributed by atoms with Crippen molar-refractivity contribution in [2.24, 2.45) is 0 Å². The number of carbonyl (C=O) groups excluding carboxylic acids is 3. The van der Waals surface area contributed by atoms with E-state index in [4.69, 9.17) is 18.6 Å². The Kier molecular flexibility index (Phi) is 13.8. The largest absolute Gasteiger partial charge is 0.497 e. The highest BCUT2D eigenvalue weighted by atomic mass is 28.4. The first-order valence-electron chi connectivity index (χ1n) is 18.0. The molecule has 4 aromatic rings. The van der Waals surface area contributed by atoms with E-state index in [1.54, 1.807) is 44.6 Å². The molecule has 4 rings (SSSR count). The van der Waals surface area contributed by atoms with Gasteiger partial charge in [0.2, 0.25) is 0 Å². The smallest absolute Gasteiger partial charge is 0.308 e. The van der Waals surface area contributed by atoms with Gasteiger partial charge in [0.25, 0.3) is 5.91 Å². The second-order valence-electron chi connectivity index (χ2n) is 15.0. The van der Waals surface area contributed by atoms with Gasteiger partial charge >= 0.3 is 5.97 Å². The van der Waals surface area contributed by atoms with Crippen molar-refractivity contribution in [3.63, 3.8) is 0 Å². The average molecular weight is 757 g/mol. The Morgan fingerprint density at radius 2 is 1.52 bits per heavy atom. The minimum atomic E-state index is -2.36. The highest BCUT2D eigenvalue weighted by Crippen LogP contribution is 2.43. The zero-order valence-electron chi connectivity index (χ0n) is 33.0. The molecule has 0 saturated carbocycles. The molecule has 0 aliphatic heterocycles. The summed E-state index contributed by atoms with van der Waals surface area (Å²) in [7, 11) is 2.09. The zero-order chi connectivity index (χ0) is 39.8. The summed E-state index contributed by atoms with van der Waals surface area (Å²) >= 11 is 0. The minimum Gasteiger partial charge on any atom is -0.497 e. The van der Waals surface area contributed by atoms with E-state index in [9.17, 15) is 18.8 Å². The van der Waals surface area contributed by atoms with E-state index in [0.717, 1.165) is 11.1 Å². The van der Waals surface area contributed by atoms with Crippen LogP contribution in [0.15, 0.2) is 78.9 Å². The fourth-order valence-electron chi connectivity index (χ4n) is 6.07. The molecule has 1 aromatic heterocycles. The predicted octanol–water partition coefficient (Wildman–Crippen LogP) is 9.42. The van der Waals surface area contributed by atoms with Crippen molar-refractivity contribution in [1.29, 1.82) is 0 Å². The van der Waals surface area contributed by atoms with Crippen molar-refractivity contribution in [3.8, 4) is 33.8 Å². The lowest BCUT2D eigenvalue weighted by molar-refractivity contribution is -0.142. The van der Waals surface area contributed by atoms with Gasteiger partial charge in [-0.25, -0.2) is 4.39 Å². The number of ketones is 1. The summed E-state index contributed by atoms with van der Waals surface area (Å²) in [6.07, 6.45) is 2.39. The van der Waals surface area contributed by atoms with Gasteiger partial charge in [-0.2, -0.15) is 0 Å². The molecular formula is C43H53FN2O7Si. The Balaban J connectivity index is 1.88. The van der Waals surface area contributed by atoms with Gasteiger partial charge in [0, 0.05) is 41.8 Å². The molecule has 0 aliphatic rings. The second-order valence-corrected chi connectivity index (χ2v) is 19.7. The van der Waals surface area contributed by atoms with Gasteiger partial charge in [-0.05, 0) is 79.5 Å². The molecule has 0 fully saturated rings. The van der Waals surface area contributed by atoms with E-state index < -0.39 is 26.2 Å². The predicted molar refractivity (Wildman–Crippen MR) is 214 cm³/mol. The molecule has 0 spiro atoms. The van der Waals surface area contributed by atoms with E-state index in [2.05, 4.69) is 39.2 Å². The highest BCUT2D eigenvalue weighted by Gasteiger charge is 2.40. The number of rotatable bonds is 16. The lowest BCUT2D eigenvalue weighted by Crippen LogP contribution is -2.44. The molecular weight excluding hydrogens is 704 g/mol. The zero-order valence-corrected chi connectivity index (χ0v) is 34.0. The molecule has 1 heterocycles. The maximum atomic E-state index is 14.5. The van der Waals surface area contributed by atoms with Gasteiger partial charge in [0.05, 0.1) is 39.5 Å². The number of hydrogen-bond donors (Lipinski definition) is 1. The van der Waals surface area contributed by atoms with Crippen molar-refractivity contribution in [3.05, 3.63) is 102 Å². The van der Waals surface area contributed by atoms with Crippen LogP contribution in [-0.2, 0) is 25.3 Å². The number of allylic oxidation sites excluding steroid dienone is 1. The Hall–Kier alpha value is -5.00. The Bertz CT molecular complexity index is 1960. The average Bonchev–Trinajstić information content (AvgIpc) is 3.48. The minimum absolute atomic E-state index is 0.0467. The van der Waals surface area contributed by atoms with Crippen LogP contribution in [0, 0.1) is 5.82 Å². The van der Waals surface area contributed by atoms with Gasteiger partial charge < -0.3 is 28.5 Å². The van der Waals surface area contributed by atoms with E-state index in [-0.39, 0.29) is 42.2 Å². The van der Waals surface area contributed by atoms with Crippen LogP contribution in [0.25, 0.3) is 28.3 Å². The van der Waals surface area contributed by atoms with Gasteiger partial charge in [0.1, 0.15) is 23.0 Å². The molecule has 288 valence electrons. The van der Waals surface area contributed by atoms with Crippen LogP contribution in [0.4, 0.5) is 4.39 Å². The van der Waals surface area contributed by atoms with Gasteiger partial charge in [-0.1, -0.05) is 63.2 Å². The molecule has 0 bridgehead atoms. The third-order valence-electron chi connectivity index (χ3n) is 9.85. The number of nitrogens with one attached hydrogen (secondary N) is 1.